The third kappa shape index (κ3) is 4.24. The molecule has 1 amide bonds. The van der Waals surface area contributed by atoms with Crippen LogP contribution in [0.2, 0.25) is 0 Å². The van der Waals surface area contributed by atoms with Crippen molar-refractivity contribution in [3.05, 3.63) is 51.5 Å². The summed E-state index contributed by atoms with van der Waals surface area (Å²) in [5, 5.41) is 3.49. The van der Waals surface area contributed by atoms with Crippen LogP contribution in [0.25, 0.3) is 10.9 Å². The SMILES string of the molecule is C=CCn1c(=S)[nH]c2cc(C(=O)NCC(C)(C)N3CCOCC3)ccc2c1=O. The minimum absolute atomic E-state index is 0.172. The van der Waals surface area contributed by atoms with Gasteiger partial charge in [0.2, 0.25) is 0 Å². The van der Waals surface area contributed by atoms with Gasteiger partial charge in [0.15, 0.2) is 4.77 Å². The van der Waals surface area contributed by atoms with Crippen molar-refractivity contribution in [2.75, 3.05) is 32.8 Å². The summed E-state index contributed by atoms with van der Waals surface area (Å²) in [5.41, 5.74) is 0.667. The van der Waals surface area contributed by atoms with Crippen LogP contribution < -0.4 is 10.9 Å². The number of hydrogen-bond donors (Lipinski definition) is 2. The lowest BCUT2D eigenvalue weighted by Gasteiger charge is -2.40. The Kier molecular flexibility index (Phi) is 6.12. The lowest BCUT2D eigenvalue weighted by atomic mass is 10.0. The number of carbonyl (C=O) groups excluding carboxylic acids is 1. The van der Waals surface area contributed by atoms with Gasteiger partial charge in [0.1, 0.15) is 0 Å². The van der Waals surface area contributed by atoms with Gasteiger partial charge >= 0.3 is 0 Å². The molecule has 1 aromatic heterocycles. The first-order valence-electron chi connectivity index (χ1n) is 9.32. The number of morpholine rings is 1. The summed E-state index contributed by atoms with van der Waals surface area (Å²) in [7, 11) is 0. The van der Waals surface area contributed by atoms with E-state index in [1.165, 1.54) is 4.57 Å². The Morgan fingerprint density at radius 1 is 1.39 bits per heavy atom. The van der Waals surface area contributed by atoms with Crippen LogP contribution in [0.15, 0.2) is 35.6 Å². The molecule has 0 atom stereocenters. The summed E-state index contributed by atoms with van der Waals surface area (Å²) in [6.45, 7) is 11.8. The van der Waals surface area contributed by atoms with Crippen molar-refractivity contribution in [1.82, 2.24) is 19.8 Å². The minimum Gasteiger partial charge on any atom is -0.379 e. The van der Waals surface area contributed by atoms with Gasteiger partial charge in [-0.3, -0.25) is 19.1 Å². The number of ether oxygens (including phenoxy) is 1. The normalized spacial score (nSPS) is 15.5. The molecule has 2 N–H and O–H groups in total. The van der Waals surface area contributed by atoms with Gasteiger partial charge in [0.25, 0.3) is 11.5 Å². The molecule has 3 rings (SSSR count). The van der Waals surface area contributed by atoms with Crippen molar-refractivity contribution in [3.8, 4) is 0 Å². The predicted octanol–water partition coefficient (Wildman–Crippen LogP) is 2.09. The highest BCUT2D eigenvalue weighted by molar-refractivity contribution is 7.71. The fraction of sp³-hybridized carbons (Fsp3) is 0.450. The van der Waals surface area contributed by atoms with Crippen molar-refractivity contribution in [2.45, 2.75) is 25.9 Å². The van der Waals surface area contributed by atoms with Gasteiger partial charge in [0, 0.05) is 37.3 Å². The third-order valence-electron chi connectivity index (χ3n) is 5.10. The molecular weight excluding hydrogens is 376 g/mol. The molecule has 1 aliphatic rings. The van der Waals surface area contributed by atoms with Crippen molar-refractivity contribution in [3.63, 3.8) is 0 Å². The number of H-pyrrole nitrogens is 1. The van der Waals surface area contributed by atoms with Crippen LogP contribution in [0.4, 0.5) is 0 Å². The van der Waals surface area contributed by atoms with Gasteiger partial charge in [0.05, 0.1) is 24.1 Å². The minimum atomic E-state index is -0.195. The van der Waals surface area contributed by atoms with Crippen LogP contribution in [-0.2, 0) is 11.3 Å². The molecule has 2 aromatic rings. The van der Waals surface area contributed by atoms with Crippen molar-refractivity contribution < 1.29 is 9.53 Å². The number of nitrogens with zero attached hydrogens (tertiary/aromatic N) is 2. The molecule has 8 heteroatoms. The molecule has 0 unspecified atom stereocenters. The second kappa shape index (κ2) is 8.38. The number of nitrogens with one attached hydrogen (secondary N) is 2. The molecule has 1 aromatic carbocycles. The Hall–Kier alpha value is -2.29. The second-order valence-electron chi connectivity index (χ2n) is 7.49. The molecule has 1 aliphatic heterocycles. The van der Waals surface area contributed by atoms with E-state index in [1.54, 1.807) is 24.3 Å². The summed E-state index contributed by atoms with van der Waals surface area (Å²) in [6, 6.07) is 4.99. The van der Waals surface area contributed by atoms with Crippen molar-refractivity contribution >= 4 is 29.0 Å². The smallest absolute Gasteiger partial charge is 0.262 e. The van der Waals surface area contributed by atoms with E-state index >= 15 is 0 Å². The molecule has 1 saturated heterocycles. The second-order valence-corrected chi connectivity index (χ2v) is 7.88. The first-order chi connectivity index (χ1) is 13.3. The monoisotopic (exact) mass is 402 g/mol. The molecule has 0 aliphatic carbocycles. The number of amides is 1. The molecule has 7 nitrogen and oxygen atoms in total. The summed E-state index contributed by atoms with van der Waals surface area (Å²) in [6.07, 6.45) is 1.62. The highest BCUT2D eigenvalue weighted by atomic mass is 32.1. The van der Waals surface area contributed by atoms with Gasteiger partial charge in [-0.15, -0.1) is 6.58 Å². The number of hydrogen-bond acceptors (Lipinski definition) is 5. The van der Waals surface area contributed by atoms with E-state index in [0.29, 0.717) is 47.5 Å². The maximum Gasteiger partial charge on any atom is 0.262 e. The molecule has 2 heterocycles. The average Bonchev–Trinajstić information content (AvgIpc) is 2.69. The Balaban J connectivity index is 1.78. The summed E-state index contributed by atoms with van der Waals surface area (Å²) in [5.74, 6) is -0.183. The number of aromatic nitrogens is 2. The zero-order chi connectivity index (χ0) is 20.3. The van der Waals surface area contributed by atoms with Gasteiger partial charge in [-0.25, -0.2) is 0 Å². The summed E-state index contributed by atoms with van der Waals surface area (Å²) >= 11 is 5.26. The zero-order valence-electron chi connectivity index (χ0n) is 16.3. The zero-order valence-corrected chi connectivity index (χ0v) is 17.1. The number of benzene rings is 1. The fourth-order valence-corrected chi connectivity index (χ4v) is 3.64. The highest BCUT2D eigenvalue weighted by Gasteiger charge is 2.28. The molecule has 0 bridgehead atoms. The molecular formula is C20H26N4O3S. The number of allylic oxidation sites excluding steroid dienone is 1. The van der Waals surface area contributed by atoms with Crippen LogP contribution >= 0.6 is 12.2 Å². The number of fused-ring (bicyclic) bond motifs is 1. The van der Waals surface area contributed by atoms with E-state index in [2.05, 4.69) is 35.6 Å². The molecule has 150 valence electrons. The average molecular weight is 403 g/mol. The Morgan fingerprint density at radius 3 is 2.79 bits per heavy atom. The van der Waals surface area contributed by atoms with Crippen LogP contribution in [-0.4, -0.2) is 58.7 Å². The van der Waals surface area contributed by atoms with Crippen LogP contribution in [0.3, 0.4) is 0 Å². The lowest BCUT2D eigenvalue weighted by Crippen LogP contribution is -2.55. The van der Waals surface area contributed by atoms with E-state index < -0.39 is 0 Å². The largest absolute Gasteiger partial charge is 0.379 e. The highest BCUT2D eigenvalue weighted by Crippen LogP contribution is 2.16. The number of carbonyl (C=O) groups is 1. The van der Waals surface area contributed by atoms with Crippen LogP contribution in [0, 0.1) is 4.77 Å². The first kappa shape index (κ1) is 20.4. The Morgan fingerprint density at radius 2 is 2.11 bits per heavy atom. The molecule has 0 spiro atoms. The molecule has 0 radical (unpaired) electrons. The maximum absolute atomic E-state index is 12.7. The molecule has 28 heavy (non-hydrogen) atoms. The fourth-order valence-electron chi connectivity index (χ4n) is 3.37. The maximum atomic E-state index is 12.7. The number of aromatic amines is 1. The van der Waals surface area contributed by atoms with Crippen LogP contribution in [0.1, 0.15) is 24.2 Å². The quantitative estimate of drug-likeness (QED) is 0.571. The van der Waals surface area contributed by atoms with E-state index in [4.69, 9.17) is 17.0 Å². The lowest BCUT2D eigenvalue weighted by molar-refractivity contribution is -0.00923. The third-order valence-corrected chi connectivity index (χ3v) is 5.43. The van der Waals surface area contributed by atoms with Gasteiger partial charge < -0.3 is 15.0 Å². The van der Waals surface area contributed by atoms with Gasteiger partial charge in [-0.2, -0.15) is 0 Å². The van der Waals surface area contributed by atoms with Gasteiger partial charge in [-0.05, 0) is 44.3 Å². The standard InChI is InChI=1S/C20H26N4O3S/c1-4-7-24-18(26)15-6-5-14(12-16(15)22-19(24)28)17(25)21-13-20(2,3)23-8-10-27-11-9-23/h4-6,12H,1,7-11,13H2,2-3H3,(H,21,25)(H,22,28). The van der Waals surface area contributed by atoms with Crippen molar-refractivity contribution in [1.29, 1.82) is 0 Å². The van der Waals surface area contributed by atoms with E-state index in [-0.39, 0.29) is 17.0 Å². The summed E-state index contributed by atoms with van der Waals surface area (Å²) < 4.78 is 7.15. The topological polar surface area (TPSA) is 79.4 Å². The van der Waals surface area contributed by atoms with E-state index in [1.807, 2.05) is 0 Å². The molecule has 0 saturated carbocycles. The Bertz CT molecular complexity index is 1000. The van der Waals surface area contributed by atoms with Crippen LogP contribution in [0.5, 0.6) is 0 Å². The first-order valence-corrected chi connectivity index (χ1v) is 9.73. The summed E-state index contributed by atoms with van der Waals surface area (Å²) in [4.78, 5) is 30.6. The van der Waals surface area contributed by atoms with Crippen molar-refractivity contribution in [2.24, 2.45) is 0 Å². The Labute approximate surface area is 169 Å². The van der Waals surface area contributed by atoms with E-state index in [0.717, 1.165) is 13.1 Å². The van der Waals surface area contributed by atoms with E-state index in [9.17, 15) is 9.59 Å². The predicted molar refractivity (Wildman–Crippen MR) is 112 cm³/mol. The van der Waals surface area contributed by atoms with Gasteiger partial charge in [-0.1, -0.05) is 6.08 Å². The number of rotatable bonds is 6. The molecule has 1 fully saturated rings.